The molecule has 1 heterocycles. The predicted molar refractivity (Wildman–Crippen MR) is 98.4 cm³/mol. The molecule has 0 aliphatic heterocycles. The number of nitrogens with one attached hydrogen (secondary N) is 2. The fraction of sp³-hybridized carbons (Fsp3) is 0.158. The Labute approximate surface area is 168 Å². The molecule has 0 saturated carbocycles. The SMILES string of the molecule is O=C(Cc1noc(C(=O)NC[C@@H](O)c2ccc(O)cc2)n1)Nc1ccc(F)cc1F. The zero-order valence-corrected chi connectivity index (χ0v) is 15.3. The van der Waals surface area contributed by atoms with Crippen molar-refractivity contribution < 1.29 is 33.1 Å². The van der Waals surface area contributed by atoms with Gasteiger partial charge in [0.25, 0.3) is 0 Å². The van der Waals surface area contributed by atoms with E-state index >= 15 is 0 Å². The van der Waals surface area contributed by atoms with Crippen LogP contribution in [0.1, 0.15) is 28.2 Å². The lowest BCUT2D eigenvalue weighted by molar-refractivity contribution is -0.115. The lowest BCUT2D eigenvalue weighted by Gasteiger charge is -2.11. The molecule has 4 N–H and O–H groups in total. The Morgan fingerprint density at radius 1 is 1.13 bits per heavy atom. The van der Waals surface area contributed by atoms with E-state index in [1.165, 1.54) is 24.3 Å². The Bertz CT molecular complexity index is 1060. The van der Waals surface area contributed by atoms with Crippen molar-refractivity contribution in [2.45, 2.75) is 12.5 Å². The number of phenols is 1. The number of aliphatic hydroxyl groups excluding tert-OH is 1. The molecule has 0 fully saturated rings. The average molecular weight is 418 g/mol. The van der Waals surface area contributed by atoms with Gasteiger partial charge in [-0.2, -0.15) is 4.98 Å². The minimum absolute atomic E-state index is 0.0413. The molecule has 11 heteroatoms. The van der Waals surface area contributed by atoms with Crippen LogP contribution in [0.2, 0.25) is 0 Å². The molecule has 0 saturated heterocycles. The van der Waals surface area contributed by atoms with Gasteiger partial charge in [0.05, 0.1) is 18.2 Å². The number of aromatic nitrogens is 2. The fourth-order valence-electron chi connectivity index (χ4n) is 2.43. The van der Waals surface area contributed by atoms with Crippen LogP contribution in [-0.2, 0) is 11.2 Å². The molecule has 0 aliphatic rings. The molecule has 156 valence electrons. The number of anilines is 1. The molecule has 2 amide bonds. The van der Waals surface area contributed by atoms with Crippen LogP contribution in [-0.4, -0.2) is 38.7 Å². The van der Waals surface area contributed by atoms with E-state index in [1.54, 1.807) is 0 Å². The molecule has 0 radical (unpaired) electrons. The molecule has 0 bridgehead atoms. The Morgan fingerprint density at radius 2 is 1.87 bits per heavy atom. The third-order valence-corrected chi connectivity index (χ3v) is 3.92. The molecule has 9 nitrogen and oxygen atoms in total. The number of nitrogens with zero attached hydrogens (tertiary/aromatic N) is 2. The van der Waals surface area contributed by atoms with Gasteiger partial charge in [-0.1, -0.05) is 17.3 Å². The molecule has 30 heavy (non-hydrogen) atoms. The van der Waals surface area contributed by atoms with Crippen molar-refractivity contribution >= 4 is 17.5 Å². The van der Waals surface area contributed by atoms with Gasteiger partial charge in [-0.15, -0.1) is 0 Å². The van der Waals surface area contributed by atoms with E-state index in [2.05, 4.69) is 20.8 Å². The normalized spacial score (nSPS) is 11.7. The molecule has 3 rings (SSSR count). The summed E-state index contributed by atoms with van der Waals surface area (Å²) < 4.78 is 31.2. The highest BCUT2D eigenvalue weighted by Crippen LogP contribution is 2.17. The number of halogens is 2. The Kier molecular flexibility index (Phi) is 6.32. The van der Waals surface area contributed by atoms with Crippen LogP contribution in [0, 0.1) is 11.6 Å². The molecule has 2 aromatic carbocycles. The highest BCUT2D eigenvalue weighted by molar-refractivity contribution is 5.92. The van der Waals surface area contributed by atoms with E-state index < -0.39 is 41.9 Å². The maximum atomic E-state index is 13.6. The van der Waals surface area contributed by atoms with E-state index in [0.717, 1.165) is 12.1 Å². The van der Waals surface area contributed by atoms with Crippen molar-refractivity contribution in [1.82, 2.24) is 15.5 Å². The van der Waals surface area contributed by atoms with Crippen molar-refractivity contribution in [1.29, 1.82) is 0 Å². The van der Waals surface area contributed by atoms with E-state index in [1.807, 2.05) is 0 Å². The first-order chi connectivity index (χ1) is 14.3. The summed E-state index contributed by atoms with van der Waals surface area (Å²) in [5, 5.41) is 27.4. The summed E-state index contributed by atoms with van der Waals surface area (Å²) in [4.78, 5) is 27.8. The first-order valence-corrected chi connectivity index (χ1v) is 8.64. The van der Waals surface area contributed by atoms with Crippen molar-refractivity contribution in [3.63, 3.8) is 0 Å². The number of hydrogen-bond donors (Lipinski definition) is 4. The average Bonchev–Trinajstić information content (AvgIpc) is 3.17. The lowest BCUT2D eigenvalue weighted by atomic mass is 10.1. The first kappa shape index (κ1) is 20.9. The van der Waals surface area contributed by atoms with Crippen LogP contribution in [0.5, 0.6) is 5.75 Å². The molecular formula is C19H16F2N4O5. The zero-order valence-electron chi connectivity index (χ0n) is 15.3. The van der Waals surface area contributed by atoms with Gasteiger partial charge in [0.2, 0.25) is 5.91 Å². The summed E-state index contributed by atoms with van der Waals surface area (Å²) in [7, 11) is 0. The number of amides is 2. The van der Waals surface area contributed by atoms with Crippen LogP contribution in [0.25, 0.3) is 0 Å². The van der Waals surface area contributed by atoms with Gasteiger partial charge in [0.15, 0.2) is 5.82 Å². The summed E-state index contributed by atoms with van der Waals surface area (Å²) in [6.45, 7) is -0.161. The van der Waals surface area contributed by atoms with Crippen LogP contribution in [0.3, 0.4) is 0 Å². The van der Waals surface area contributed by atoms with Gasteiger partial charge < -0.3 is 25.4 Å². The third-order valence-electron chi connectivity index (χ3n) is 3.92. The predicted octanol–water partition coefficient (Wildman–Crippen LogP) is 1.70. The highest BCUT2D eigenvalue weighted by Gasteiger charge is 2.19. The third kappa shape index (κ3) is 5.35. The van der Waals surface area contributed by atoms with Gasteiger partial charge in [-0.25, -0.2) is 8.78 Å². The maximum absolute atomic E-state index is 13.6. The van der Waals surface area contributed by atoms with Crippen LogP contribution in [0.15, 0.2) is 47.0 Å². The molecular weight excluding hydrogens is 402 g/mol. The summed E-state index contributed by atoms with van der Waals surface area (Å²) in [6.07, 6.45) is -1.45. The smallest absolute Gasteiger partial charge is 0.315 e. The van der Waals surface area contributed by atoms with E-state index in [-0.39, 0.29) is 23.8 Å². The second-order valence-electron chi connectivity index (χ2n) is 6.18. The first-order valence-electron chi connectivity index (χ1n) is 8.64. The molecule has 1 atom stereocenters. The number of hydrogen-bond acceptors (Lipinski definition) is 7. The monoisotopic (exact) mass is 418 g/mol. The second-order valence-corrected chi connectivity index (χ2v) is 6.18. The standard InChI is InChI=1S/C19H16F2N4O5/c20-11-3-6-14(13(21)7-11)23-17(28)8-16-24-19(30-25-16)18(29)22-9-15(27)10-1-4-12(26)5-2-10/h1-7,15,26-27H,8-9H2,(H,22,29)(H,23,28)/t15-/m1/s1. The van der Waals surface area contributed by atoms with Crippen LogP contribution in [0.4, 0.5) is 14.5 Å². The largest absolute Gasteiger partial charge is 0.508 e. The van der Waals surface area contributed by atoms with E-state index in [4.69, 9.17) is 4.52 Å². The highest BCUT2D eigenvalue weighted by atomic mass is 19.1. The fourth-order valence-corrected chi connectivity index (χ4v) is 2.43. The van der Waals surface area contributed by atoms with Crippen molar-refractivity contribution in [3.8, 4) is 5.75 Å². The maximum Gasteiger partial charge on any atom is 0.315 e. The molecule has 0 spiro atoms. The Balaban J connectivity index is 1.52. The topological polar surface area (TPSA) is 138 Å². The van der Waals surface area contributed by atoms with Gasteiger partial charge in [-0.3, -0.25) is 9.59 Å². The van der Waals surface area contributed by atoms with Crippen LogP contribution >= 0.6 is 0 Å². The van der Waals surface area contributed by atoms with Crippen molar-refractivity contribution in [2.75, 3.05) is 11.9 Å². The van der Waals surface area contributed by atoms with Gasteiger partial charge >= 0.3 is 11.8 Å². The molecule has 3 aromatic rings. The molecule has 0 unspecified atom stereocenters. The summed E-state index contributed by atoms with van der Waals surface area (Å²) in [5.41, 5.74) is 0.259. The van der Waals surface area contributed by atoms with Gasteiger partial charge in [0.1, 0.15) is 17.4 Å². The summed E-state index contributed by atoms with van der Waals surface area (Å²) in [5.74, 6) is -3.70. The van der Waals surface area contributed by atoms with E-state index in [9.17, 15) is 28.6 Å². The number of rotatable bonds is 7. The van der Waals surface area contributed by atoms with Gasteiger partial charge in [0, 0.05) is 12.6 Å². The van der Waals surface area contributed by atoms with Crippen LogP contribution < -0.4 is 10.6 Å². The minimum atomic E-state index is -1.03. The number of benzene rings is 2. The molecule has 1 aromatic heterocycles. The summed E-state index contributed by atoms with van der Waals surface area (Å²) in [6, 6.07) is 8.47. The Morgan fingerprint density at radius 3 is 2.57 bits per heavy atom. The second kappa shape index (κ2) is 9.09. The molecule has 0 aliphatic carbocycles. The number of carbonyl (C=O) groups excluding carboxylic acids is 2. The van der Waals surface area contributed by atoms with Crippen molar-refractivity contribution in [3.05, 3.63) is 71.4 Å². The Hall–Kier alpha value is -3.86. The summed E-state index contributed by atoms with van der Waals surface area (Å²) >= 11 is 0. The lowest BCUT2D eigenvalue weighted by Crippen LogP contribution is -2.28. The number of phenolic OH excluding ortho intramolecular Hbond substituents is 1. The number of aliphatic hydroxyl groups is 1. The van der Waals surface area contributed by atoms with Crippen molar-refractivity contribution in [2.24, 2.45) is 0 Å². The quantitative estimate of drug-likeness (QED) is 0.458. The number of carbonyl (C=O) groups is 2. The number of aromatic hydroxyl groups is 1. The van der Waals surface area contributed by atoms with E-state index in [0.29, 0.717) is 11.6 Å². The minimum Gasteiger partial charge on any atom is -0.508 e. The zero-order chi connectivity index (χ0) is 21.7. The van der Waals surface area contributed by atoms with Gasteiger partial charge in [-0.05, 0) is 29.8 Å².